The molecule has 1 amide bonds. The number of esters is 1. The van der Waals surface area contributed by atoms with Crippen molar-refractivity contribution in [1.29, 1.82) is 0 Å². The van der Waals surface area contributed by atoms with Crippen molar-refractivity contribution in [3.8, 4) is 0 Å². The second-order valence-corrected chi connectivity index (χ2v) is 20.0. The molecule has 0 aromatic carbocycles. The summed E-state index contributed by atoms with van der Waals surface area (Å²) >= 11 is 0. The van der Waals surface area contributed by atoms with Crippen LogP contribution in [0.4, 0.5) is 0 Å². The molecule has 0 radical (unpaired) electrons. The molecule has 0 bridgehead atoms. The van der Waals surface area contributed by atoms with Gasteiger partial charge in [0.15, 0.2) is 12.4 Å². The van der Waals surface area contributed by atoms with E-state index in [0.717, 1.165) is 103 Å². The third-order valence-electron chi connectivity index (χ3n) is 13.0. The zero-order chi connectivity index (χ0) is 56.1. The number of carbonyl (C=O) groups excluding carboxylic acids is 2. The summed E-state index contributed by atoms with van der Waals surface area (Å²) in [5.74, 6) is -1.33. The topological polar surface area (TPSA) is 175 Å². The Balaban J connectivity index is 2.77. The third-order valence-corrected chi connectivity index (χ3v) is 13.0. The molecule has 6 N–H and O–H groups in total. The van der Waals surface area contributed by atoms with E-state index < -0.39 is 67.4 Å². The molecule has 11 heteroatoms. The maximum Gasteiger partial charge on any atom is 0.306 e. The van der Waals surface area contributed by atoms with Crippen molar-refractivity contribution in [2.75, 3.05) is 13.2 Å². The lowest BCUT2D eigenvalue weighted by molar-refractivity contribution is -0.305. The summed E-state index contributed by atoms with van der Waals surface area (Å²) in [7, 11) is 0. The average molecular weight is 1070 g/mol. The lowest BCUT2D eigenvalue weighted by Crippen LogP contribution is -2.61. The van der Waals surface area contributed by atoms with Crippen molar-refractivity contribution in [3.05, 3.63) is 134 Å². The van der Waals surface area contributed by atoms with Crippen molar-refractivity contribution in [2.45, 2.75) is 256 Å². The van der Waals surface area contributed by atoms with E-state index in [9.17, 15) is 35.1 Å². The van der Waals surface area contributed by atoms with Crippen LogP contribution in [0, 0.1) is 0 Å². The maximum atomic E-state index is 13.4. The fraction of sp³-hybridized carbons (Fsp3) is 0.636. The summed E-state index contributed by atoms with van der Waals surface area (Å²) in [4.78, 5) is 26.5. The van der Waals surface area contributed by atoms with Crippen molar-refractivity contribution < 1.29 is 49.3 Å². The molecule has 0 aliphatic carbocycles. The molecule has 1 heterocycles. The van der Waals surface area contributed by atoms with Crippen molar-refractivity contribution in [1.82, 2.24) is 5.32 Å². The summed E-state index contributed by atoms with van der Waals surface area (Å²) < 4.78 is 17.5. The van der Waals surface area contributed by atoms with Crippen molar-refractivity contribution >= 4 is 11.9 Å². The van der Waals surface area contributed by atoms with E-state index in [1.807, 2.05) is 18.2 Å². The molecule has 1 saturated heterocycles. The summed E-state index contributed by atoms with van der Waals surface area (Å²) in [6.07, 6.45) is 63.6. The monoisotopic (exact) mass is 1070 g/mol. The molecule has 77 heavy (non-hydrogen) atoms. The van der Waals surface area contributed by atoms with Crippen LogP contribution in [0.5, 0.6) is 0 Å². The number of amides is 1. The minimum absolute atomic E-state index is 0.0468. The van der Waals surface area contributed by atoms with Gasteiger partial charge >= 0.3 is 5.97 Å². The van der Waals surface area contributed by atoms with Crippen molar-refractivity contribution in [3.63, 3.8) is 0 Å². The number of allylic oxidation sites excluding steroid dienone is 20. The Hall–Kier alpha value is -4.20. The van der Waals surface area contributed by atoms with Crippen LogP contribution in [-0.4, -0.2) is 99.6 Å². The first-order valence-corrected chi connectivity index (χ1v) is 30.0. The highest BCUT2D eigenvalue weighted by Gasteiger charge is 2.47. The molecule has 11 nitrogen and oxygen atoms in total. The van der Waals surface area contributed by atoms with Gasteiger partial charge < -0.3 is 45.1 Å². The Morgan fingerprint density at radius 1 is 0.519 bits per heavy atom. The molecule has 1 fully saturated rings. The van der Waals surface area contributed by atoms with Gasteiger partial charge in [-0.25, -0.2) is 0 Å². The zero-order valence-corrected chi connectivity index (χ0v) is 48.0. The van der Waals surface area contributed by atoms with Crippen LogP contribution in [0.2, 0.25) is 0 Å². The lowest BCUT2D eigenvalue weighted by atomic mass is 9.99. The van der Waals surface area contributed by atoms with E-state index in [2.05, 4.69) is 129 Å². The zero-order valence-electron chi connectivity index (χ0n) is 48.0. The second kappa shape index (κ2) is 52.5. The molecular weight excluding hydrogens is 967 g/mol. The first-order chi connectivity index (χ1) is 37.7. The lowest BCUT2D eigenvalue weighted by Gasteiger charge is -2.41. The number of unbranched alkanes of at least 4 members (excludes halogenated alkanes) is 15. The average Bonchev–Trinajstić information content (AvgIpc) is 3.43. The van der Waals surface area contributed by atoms with Gasteiger partial charge in [0.25, 0.3) is 0 Å². The Labute approximate surface area is 467 Å². The summed E-state index contributed by atoms with van der Waals surface area (Å²) in [6, 6.07) is -1.08. The van der Waals surface area contributed by atoms with Gasteiger partial charge in [-0.3, -0.25) is 9.59 Å². The van der Waals surface area contributed by atoms with E-state index in [1.54, 1.807) is 12.2 Å². The number of aliphatic hydroxyl groups excluding tert-OH is 5. The molecule has 0 saturated carbocycles. The quantitative estimate of drug-likeness (QED) is 0.0195. The van der Waals surface area contributed by atoms with Crippen LogP contribution in [0.25, 0.3) is 0 Å². The van der Waals surface area contributed by atoms with E-state index in [4.69, 9.17) is 14.2 Å². The Morgan fingerprint density at radius 3 is 1.43 bits per heavy atom. The van der Waals surface area contributed by atoms with Gasteiger partial charge in [-0.05, 0) is 103 Å². The van der Waals surface area contributed by atoms with Crippen LogP contribution in [0.3, 0.4) is 0 Å². The molecule has 436 valence electrons. The minimum Gasteiger partial charge on any atom is -0.454 e. The van der Waals surface area contributed by atoms with Gasteiger partial charge in [-0.15, -0.1) is 0 Å². The highest BCUT2D eigenvalue weighted by Crippen LogP contribution is 2.26. The van der Waals surface area contributed by atoms with Gasteiger partial charge in [0.1, 0.15) is 24.4 Å². The number of rotatable bonds is 48. The highest BCUT2D eigenvalue weighted by molar-refractivity contribution is 5.81. The minimum atomic E-state index is -1.65. The van der Waals surface area contributed by atoms with E-state index in [1.165, 1.54) is 57.8 Å². The summed E-state index contributed by atoms with van der Waals surface area (Å²) in [5.41, 5.74) is 0. The predicted octanol–water partition coefficient (Wildman–Crippen LogP) is 14.1. The molecule has 1 rings (SSSR count). The Morgan fingerprint density at radius 2 is 0.935 bits per heavy atom. The van der Waals surface area contributed by atoms with E-state index >= 15 is 0 Å². The standard InChI is InChI=1S/C66H107NO10/c1-4-7-10-13-16-19-22-24-26-28-30-32-34-36-39-42-45-48-51-54-61(71)77-64-63(73)62(72)60(55-68)76-66(64)75-56-57(58(69)52-49-46-43-40-37-21-18-15-12-9-6-3)67-65(74)59(70)53-50-47-44-41-38-35-33-31-29-27-25-23-20-17-14-11-8-5-2/h8,11,16-17,19-20,24-27,30-33,36,38-39,41,47,49-50,52,57-60,62-64,66,68-70,72-73H,4-7,9-10,12-15,18,21-23,28-29,34-35,37,40,42-46,48,51,53-56H2,1-3H3,(H,67,74)/b11-8-,19-16-,20-17-,26-24-,27-25-,32-30-,33-31-,39-36-,41-38-,50-47-,52-49+. The first-order valence-electron chi connectivity index (χ1n) is 30.0. The number of hydrogen-bond donors (Lipinski definition) is 6. The predicted molar refractivity (Wildman–Crippen MR) is 319 cm³/mol. The Kier molecular flexibility index (Phi) is 48.3. The third kappa shape index (κ3) is 40.6. The number of carbonyl (C=O) groups is 2. The Bertz CT molecular complexity index is 1760. The number of hydrogen-bond acceptors (Lipinski definition) is 10. The van der Waals surface area contributed by atoms with E-state index in [0.29, 0.717) is 12.8 Å². The van der Waals surface area contributed by atoms with Crippen LogP contribution >= 0.6 is 0 Å². The SMILES string of the molecule is CC/C=C\C/C=C\C/C=C\C/C=C\C/C=C\C/C=C\CC(O)C(=O)NC(COC1OC(CO)C(O)C(O)C1OC(=O)CCCCC/C=C\C/C=C\C/C=C\C/C=C\CCCCC)C(O)/C=C/CCCCCCCCCCC. The number of nitrogens with one attached hydrogen (secondary N) is 1. The molecule has 8 unspecified atom stereocenters. The van der Waals surface area contributed by atoms with Crippen molar-refractivity contribution in [2.24, 2.45) is 0 Å². The molecule has 0 aromatic heterocycles. The number of ether oxygens (including phenoxy) is 3. The van der Waals surface area contributed by atoms with E-state index in [-0.39, 0.29) is 19.4 Å². The van der Waals surface area contributed by atoms with Crippen LogP contribution in [0.1, 0.15) is 207 Å². The molecule has 0 aromatic rings. The molecule has 0 spiro atoms. The van der Waals surface area contributed by atoms with Gasteiger partial charge in [0, 0.05) is 12.8 Å². The first kappa shape index (κ1) is 70.8. The molecular formula is C66H107NO10. The van der Waals surface area contributed by atoms with Gasteiger partial charge in [0.2, 0.25) is 5.91 Å². The molecule has 8 atom stereocenters. The smallest absolute Gasteiger partial charge is 0.306 e. The molecule has 1 aliphatic rings. The fourth-order valence-corrected chi connectivity index (χ4v) is 8.30. The normalized spacial score (nSPS) is 20.0. The number of aliphatic hydroxyl groups is 5. The highest BCUT2D eigenvalue weighted by atomic mass is 16.7. The van der Waals surface area contributed by atoms with Gasteiger partial charge in [-0.2, -0.15) is 0 Å². The van der Waals surface area contributed by atoms with Crippen LogP contribution < -0.4 is 5.32 Å². The summed E-state index contributed by atoms with van der Waals surface area (Å²) in [5, 5.41) is 56.7. The summed E-state index contributed by atoms with van der Waals surface area (Å²) in [6.45, 7) is 5.55. The van der Waals surface area contributed by atoms with Crippen LogP contribution in [0.15, 0.2) is 134 Å². The van der Waals surface area contributed by atoms with Crippen LogP contribution in [-0.2, 0) is 23.8 Å². The fourth-order valence-electron chi connectivity index (χ4n) is 8.30. The largest absolute Gasteiger partial charge is 0.454 e. The van der Waals surface area contributed by atoms with Gasteiger partial charge in [0.05, 0.1) is 25.4 Å². The van der Waals surface area contributed by atoms with Gasteiger partial charge in [-0.1, -0.05) is 225 Å². The molecule has 1 aliphatic heterocycles. The maximum absolute atomic E-state index is 13.4. The second-order valence-electron chi connectivity index (χ2n) is 20.0.